The normalized spacial score (nSPS) is 13.3. The molecule has 4 heterocycles. The number of hydrogen-bond donors (Lipinski definition) is 1. The SMILES string of the molecule is Cc1nc2ccc3nc(Nc4nc5cc6c(cc5s4)OCO6)sc3c2s1. The van der Waals surface area contributed by atoms with Gasteiger partial charge in [-0.2, -0.15) is 0 Å². The Morgan fingerprint density at radius 2 is 1.54 bits per heavy atom. The maximum Gasteiger partial charge on any atom is 0.231 e. The number of fused-ring (bicyclic) bond motifs is 5. The first-order valence-electron chi connectivity index (χ1n) is 7.87. The standard InChI is InChI=1S/C17H10N4O2S3/c1-7-18-8-2-3-9-15(14(8)24-7)26-17(19-9)21-16-20-10-4-11-12(23-6-22-11)5-13(10)25-16/h2-5H,6H2,1H3,(H,19,20,21). The number of rotatable bonds is 2. The van der Waals surface area contributed by atoms with Gasteiger partial charge in [0.2, 0.25) is 6.79 Å². The number of hydrogen-bond acceptors (Lipinski definition) is 9. The van der Waals surface area contributed by atoms with Crippen molar-refractivity contribution >= 4 is 74.9 Å². The first-order valence-corrected chi connectivity index (χ1v) is 10.3. The molecule has 5 aromatic rings. The maximum atomic E-state index is 5.44. The summed E-state index contributed by atoms with van der Waals surface area (Å²) in [5, 5.41) is 6.05. The largest absolute Gasteiger partial charge is 0.454 e. The van der Waals surface area contributed by atoms with Crippen LogP contribution in [-0.2, 0) is 0 Å². The zero-order chi connectivity index (χ0) is 17.3. The fourth-order valence-electron chi connectivity index (χ4n) is 3.00. The summed E-state index contributed by atoms with van der Waals surface area (Å²) in [5.74, 6) is 1.52. The Labute approximate surface area is 159 Å². The van der Waals surface area contributed by atoms with Crippen molar-refractivity contribution in [2.45, 2.75) is 6.92 Å². The van der Waals surface area contributed by atoms with Gasteiger partial charge in [-0.3, -0.25) is 0 Å². The van der Waals surface area contributed by atoms with Crippen molar-refractivity contribution in [2.24, 2.45) is 0 Å². The van der Waals surface area contributed by atoms with Crippen molar-refractivity contribution < 1.29 is 9.47 Å². The van der Waals surface area contributed by atoms with E-state index in [0.717, 1.165) is 52.7 Å². The number of nitrogens with zero attached hydrogens (tertiary/aromatic N) is 3. The molecule has 0 unspecified atom stereocenters. The molecule has 1 aliphatic rings. The number of aryl methyl sites for hydroxylation is 1. The first kappa shape index (κ1) is 14.7. The van der Waals surface area contributed by atoms with Gasteiger partial charge in [-0.05, 0) is 19.1 Å². The highest BCUT2D eigenvalue weighted by Crippen LogP contribution is 2.41. The molecule has 128 valence electrons. The van der Waals surface area contributed by atoms with E-state index in [1.54, 1.807) is 34.0 Å². The molecule has 2 aromatic carbocycles. The van der Waals surface area contributed by atoms with Crippen LogP contribution in [0.25, 0.3) is 30.6 Å². The molecule has 6 rings (SSSR count). The number of aromatic nitrogens is 3. The number of nitrogens with one attached hydrogen (secondary N) is 1. The molecule has 0 aliphatic carbocycles. The van der Waals surface area contributed by atoms with Gasteiger partial charge >= 0.3 is 0 Å². The first-order chi connectivity index (χ1) is 12.7. The Hall–Kier alpha value is -2.49. The van der Waals surface area contributed by atoms with Crippen LogP contribution in [0.3, 0.4) is 0 Å². The summed E-state index contributed by atoms with van der Waals surface area (Å²) in [4.78, 5) is 13.9. The lowest BCUT2D eigenvalue weighted by molar-refractivity contribution is 0.174. The van der Waals surface area contributed by atoms with Crippen LogP contribution in [0.15, 0.2) is 24.3 Å². The summed E-state index contributed by atoms with van der Waals surface area (Å²) in [6.07, 6.45) is 0. The average Bonchev–Trinajstić information content (AvgIpc) is 3.35. The molecule has 0 saturated carbocycles. The summed E-state index contributed by atoms with van der Waals surface area (Å²) in [6, 6.07) is 7.95. The molecule has 0 radical (unpaired) electrons. The zero-order valence-electron chi connectivity index (χ0n) is 13.4. The van der Waals surface area contributed by atoms with Crippen LogP contribution in [0, 0.1) is 6.92 Å². The molecule has 0 spiro atoms. The van der Waals surface area contributed by atoms with E-state index in [0.29, 0.717) is 0 Å². The zero-order valence-corrected chi connectivity index (χ0v) is 15.8. The minimum absolute atomic E-state index is 0.273. The van der Waals surface area contributed by atoms with Gasteiger partial charge < -0.3 is 14.8 Å². The van der Waals surface area contributed by atoms with Gasteiger partial charge in [-0.1, -0.05) is 22.7 Å². The molecule has 26 heavy (non-hydrogen) atoms. The predicted molar refractivity (Wildman–Crippen MR) is 107 cm³/mol. The van der Waals surface area contributed by atoms with Gasteiger partial charge in [0.15, 0.2) is 21.8 Å². The number of anilines is 2. The molecule has 0 bridgehead atoms. The van der Waals surface area contributed by atoms with Crippen LogP contribution in [0.4, 0.5) is 10.3 Å². The highest BCUT2D eigenvalue weighted by molar-refractivity contribution is 7.29. The van der Waals surface area contributed by atoms with Crippen LogP contribution in [0.1, 0.15) is 5.01 Å². The Morgan fingerprint density at radius 3 is 2.42 bits per heavy atom. The Balaban J connectivity index is 1.42. The van der Waals surface area contributed by atoms with E-state index >= 15 is 0 Å². The monoisotopic (exact) mass is 398 g/mol. The molecular weight excluding hydrogens is 388 g/mol. The minimum atomic E-state index is 0.273. The van der Waals surface area contributed by atoms with Gasteiger partial charge in [-0.15, -0.1) is 11.3 Å². The van der Waals surface area contributed by atoms with Gasteiger partial charge in [0, 0.05) is 12.1 Å². The van der Waals surface area contributed by atoms with Crippen LogP contribution < -0.4 is 14.8 Å². The molecule has 3 aromatic heterocycles. The fraction of sp³-hybridized carbons (Fsp3) is 0.118. The second kappa shape index (κ2) is 5.26. The van der Waals surface area contributed by atoms with Crippen LogP contribution >= 0.6 is 34.0 Å². The number of ether oxygens (including phenoxy) is 2. The number of benzene rings is 2. The highest BCUT2D eigenvalue weighted by Gasteiger charge is 2.17. The van der Waals surface area contributed by atoms with E-state index in [1.807, 2.05) is 31.2 Å². The summed E-state index contributed by atoms with van der Waals surface area (Å²) in [7, 11) is 0. The van der Waals surface area contributed by atoms with E-state index in [4.69, 9.17) is 14.5 Å². The molecule has 0 amide bonds. The van der Waals surface area contributed by atoms with E-state index < -0.39 is 0 Å². The second-order valence-corrected chi connectivity index (χ2v) is 9.06. The maximum absolute atomic E-state index is 5.44. The van der Waals surface area contributed by atoms with Crippen LogP contribution in [0.2, 0.25) is 0 Å². The van der Waals surface area contributed by atoms with Crippen molar-refractivity contribution in [3.8, 4) is 11.5 Å². The quantitative estimate of drug-likeness (QED) is 0.435. The van der Waals surface area contributed by atoms with Crippen molar-refractivity contribution in [1.29, 1.82) is 0 Å². The third-order valence-corrected chi connectivity index (χ3v) is 7.19. The van der Waals surface area contributed by atoms with Crippen LogP contribution in [-0.4, -0.2) is 21.7 Å². The average molecular weight is 398 g/mol. The summed E-state index contributed by atoms with van der Waals surface area (Å²) < 4.78 is 14.3. The van der Waals surface area contributed by atoms with Crippen molar-refractivity contribution in [3.05, 3.63) is 29.3 Å². The Morgan fingerprint density at radius 1 is 0.846 bits per heavy atom. The van der Waals surface area contributed by atoms with Gasteiger partial charge in [0.05, 0.1) is 35.7 Å². The lowest BCUT2D eigenvalue weighted by Gasteiger charge is -1.93. The molecule has 0 saturated heterocycles. The van der Waals surface area contributed by atoms with E-state index in [9.17, 15) is 0 Å². The third kappa shape index (κ3) is 2.17. The van der Waals surface area contributed by atoms with Crippen molar-refractivity contribution in [3.63, 3.8) is 0 Å². The predicted octanol–water partition coefficient (Wildman–Crippen LogP) is 5.30. The lowest BCUT2D eigenvalue weighted by Crippen LogP contribution is -1.92. The Kier molecular flexibility index (Phi) is 2.96. The van der Waals surface area contributed by atoms with E-state index in [2.05, 4.69) is 15.3 Å². The smallest absolute Gasteiger partial charge is 0.231 e. The summed E-state index contributed by atoms with van der Waals surface area (Å²) in [6.45, 7) is 2.30. The van der Waals surface area contributed by atoms with Crippen LogP contribution in [0.5, 0.6) is 11.5 Å². The third-order valence-electron chi connectivity index (χ3n) is 4.12. The molecule has 1 N–H and O–H groups in total. The van der Waals surface area contributed by atoms with Gasteiger partial charge in [-0.25, -0.2) is 15.0 Å². The summed E-state index contributed by atoms with van der Waals surface area (Å²) in [5.41, 5.74) is 2.91. The Bertz CT molecular complexity index is 1280. The van der Waals surface area contributed by atoms with Gasteiger partial charge in [0.1, 0.15) is 0 Å². The highest BCUT2D eigenvalue weighted by atomic mass is 32.1. The lowest BCUT2D eigenvalue weighted by atomic mass is 10.3. The molecule has 0 fully saturated rings. The van der Waals surface area contributed by atoms with Gasteiger partial charge in [0.25, 0.3) is 0 Å². The fourth-order valence-corrected chi connectivity index (χ4v) is 5.95. The van der Waals surface area contributed by atoms with E-state index in [1.165, 1.54) is 4.70 Å². The molecule has 6 nitrogen and oxygen atoms in total. The van der Waals surface area contributed by atoms with E-state index in [-0.39, 0.29) is 6.79 Å². The minimum Gasteiger partial charge on any atom is -0.454 e. The van der Waals surface area contributed by atoms with Crippen molar-refractivity contribution in [1.82, 2.24) is 15.0 Å². The topological polar surface area (TPSA) is 69.2 Å². The second-order valence-electron chi connectivity index (χ2n) is 5.83. The number of thiazole rings is 3. The molecule has 9 heteroatoms. The molecular formula is C17H10N4O2S3. The molecule has 1 aliphatic heterocycles. The summed E-state index contributed by atoms with van der Waals surface area (Å²) >= 11 is 4.92. The van der Waals surface area contributed by atoms with Crippen molar-refractivity contribution in [2.75, 3.05) is 12.1 Å². The molecule has 0 atom stereocenters.